The first-order chi connectivity index (χ1) is 5.53. The summed E-state index contributed by atoms with van der Waals surface area (Å²) < 4.78 is 10.2. The van der Waals surface area contributed by atoms with Crippen molar-refractivity contribution in [3.8, 4) is 0 Å². The molecule has 0 amide bonds. The third kappa shape index (κ3) is 2.23. The highest BCUT2D eigenvalue weighted by molar-refractivity contribution is 5.26. The van der Waals surface area contributed by atoms with Crippen molar-refractivity contribution in [2.45, 2.75) is 25.9 Å². The third-order valence-electron chi connectivity index (χ3n) is 1.73. The summed E-state index contributed by atoms with van der Waals surface area (Å²) in [7, 11) is 1.67. The second-order valence-corrected chi connectivity index (χ2v) is 3.36. The zero-order chi connectivity index (χ0) is 9.19. The fourth-order valence-corrected chi connectivity index (χ4v) is 0.904. The number of aromatic nitrogens is 1. The molecule has 0 saturated carbocycles. The summed E-state index contributed by atoms with van der Waals surface area (Å²) in [6, 6.07) is 1.71. The average Bonchev–Trinajstić information content (AvgIpc) is 2.35. The quantitative estimate of drug-likeness (QED) is 0.741. The molecule has 0 saturated heterocycles. The van der Waals surface area contributed by atoms with Crippen LogP contribution in [0, 0.1) is 0 Å². The van der Waals surface area contributed by atoms with Crippen LogP contribution in [0.5, 0.6) is 0 Å². The monoisotopic (exact) mass is 170 g/mol. The van der Waals surface area contributed by atoms with Crippen molar-refractivity contribution < 1.29 is 9.26 Å². The van der Waals surface area contributed by atoms with Crippen LogP contribution in [-0.2, 0) is 11.2 Å². The smallest absolute Gasteiger partial charge is 0.167 e. The molecular formula is C8H14N2O2. The normalized spacial score (nSPS) is 11.9. The minimum atomic E-state index is -0.230. The van der Waals surface area contributed by atoms with Crippen LogP contribution in [0.25, 0.3) is 0 Å². The highest BCUT2D eigenvalue weighted by Gasteiger charge is 2.19. The second kappa shape index (κ2) is 3.15. The lowest BCUT2D eigenvalue weighted by Gasteiger charge is -2.20. The van der Waals surface area contributed by atoms with Crippen molar-refractivity contribution in [2.24, 2.45) is 0 Å². The molecule has 0 aliphatic rings. The predicted molar refractivity (Wildman–Crippen MR) is 45.7 cm³/mol. The van der Waals surface area contributed by atoms with Gasteiger partial charge in [0.2, 0.25) is 0 Å². The number of nitrogen functional groups attached to an aromatic ring is 1. The summed E-state index contributed by atoms with van der Waals surface area (Å²) >= 11 is 0. The van der Waals surface area contributed by atoms with Gasteiger partial charge in [0.25, 0.3) is 0 Å². The lowest BCUT2D eigenvalue weighted by atomic mass is 10.0. The van der Waals surface area contributed by atoms with Gasteiger partial charge in [-0.2, -0.15) is 0 Å². The van der Waals surface area contributed by atoms with Crippen LogP contribution in [0.4, 0.5) is 5.82 Å². The van der Waals surface area contributed by atoms with E-state index in [0.29, 0.717) is 12.2 Å². The SMILES string of the molecule is COC(C)(C)Cc1cc(N)no1. The maximum absolute atomic E-state index is 5.39. The van der Waals surface area contributed by atoms with Crippen LogP contribution in [0.15, 0.2) is 10.6 Å². The van der Waals surface area contributed by atoms with Crippen LogP contribution in [0.1, 0.15) is 19.6 Å². The highest BCUT2D eigenvalue weighted by atomic mass is 16.5. The number of nitrogens with two attached hydrogens (primary N) is 1. The maximum Gasteiger partial charge on any atom is 0.167 e. The summed E-state index contributed by atoms with van der Waals surface area (Å²) in [6.07, 6.45) is 0.674. The molecule has 1 aromatic heterocycles. The van der Waals surface area contributed by atoms with E-state index in [1.807, 2.05) is 13.8 Å². The Bertz CT molecular complexity index is 255. The standard InChI is InChI=1S/C8H14N2O2/c1-8(2,11-3)5-6-4-7(9)10-12-6/h4H,5H2,1-3H3,(H2,9,10). The van der Waals surface area contributed by atoms with Crippen LogP contribution in [0.2, 0.25) is 0 Å². The van der Waals surface area contributed by atoms with E-state index in [2.05, 4.69) is 5.16 Å². The zero-order valence-corrected chi connectivity index (χ0v) is 7.63. The van der Waals surface area contributed by atoms with E-state index in [9.17, 15) is 0 Å². The van der Waals surface area contributed by atoms with Gasteiger partial charge in [0.1, 0.15) is 5.76 Å². The maximum atomic E-state index is 5.39. The van der Waals surface area contributed by atoms with Crippen molar-refractivity contribution in [1.82, 2.24) is 5.16 Å². The Balaban J connectivity index is 2.63. The number of methoxy groups -OCH3 is 1. The van der Waals surface area contributed by atoms with Gasteiger partial charge >= 0.3 is 0 Å². The molecule has 0 atom stereocenters. The molecule has 1 rings (SSSR count). The topological polar surface area (TPSA) is 61.3 Å². The van der Waals surface area contributed by atoms with Gasteiger partial charge in [-0.25, -0.2) is 0 Å². The predicted octanol–water partition coefficient (Wildman–Crippen LogP) is 1.22. The van der Waals surface area contributed by atoms with E-state index in [4.69, 9.17) is 15.0 Å². The first-order valence-corrected chi connectivity index (χ1v) is 3.80. The molecule has 4 heteroatoms. The Hall–Kier alpha value is -1.03. The summed E-state index contributed by atoms with van der Waals surface area (Å²) in [5, 5.41) is 3.58. The molecule has 1 aromatic rings. The van der Waals surface area contributed by atoms with E-state index < -0.39 is 0 Å². The summed E-state index contributed by atoms with van der Waals surface area (Å²) in [6.45, 7) is 3.96. The molecule has 0 bridgehead atoms. The van der Waals surface area contributed by atoms with E-state index >= 15 is 0 Å². The lowest BCUT2D eigenvalue weighted by molar-refractivity contribution is 0.0181. The van der Waals surface area contributed by atoms with Crippen LogP contribution < -0.4 is 5.73 Å². The van der Waals surface area contributed by atoms with E-state index in [-0.39, 0.29) is 5.60 Å². The van der Waals surface area contributed by atoms with E-state index in [1.54, 1.807) is 13.2 Å². The van der Waals surface area contributed by atoms with Crippen molar-refractivity contribution in [3.05, 3.63) is 11.8 Å². The minimum absolute atomic E-state index is 0.230. The third-order valence-corrected chi connectivity index (χ3v) is 1.73. The molecule has 68 valence electrons. The van der Waals surface area contributed by atoms with Crippen LogP contribution >= 0.6 is 0 Å². The summed E-state index contributed by atoms with van der Waals surface area (Å²) in [4.78, 5) is 0. The van der Waals surface area contributed by atoms with Crippen molar-refractivity contribution in [3.63, 3.8) is 0 Å². The minimum Gasteiger partial charge on any atom is -0.381 e. The second-order valence-electron chi connectivity index (χ2n) is 3.36. The first-order valence-electron chi connectivity index (χ1n) is 3.80. The van der Waals surface area contributed by atoms with Gasteiger partial charge in [0.15, 0.2) is 5.82 Å². The number of nitrogens with zero attached hydrogens (tertiary/aromatic N) is 1. The van der Waals surface area contributed by atoms with Gasteiger partial charge in [0.05, 0.1) is 5.60 Å². The van der Waals surface area contributed by atoms with Crippen LogP contribution in [-0.4, -0.2) is 17.9 Å². The van der Waals surface area contributed by atoms with Gasteiger partial charge in [-0.05, 0) is 13.8 Å². The van der Waals surface area contributed by atoms with Gasteiger partial charge < -0.3 is 15.0 Å². The first kappa shape index (κ1) is 9.06. The molecule has 12 heavy (non-hydrogen) atoms. The molecule has 0 fully saturated rings. The Labute approximate surface area is 71.7 Å². The fraction of sp³-hybridized carbons (Fsp3) is 0.625. The summed E-state index contributed by atoms with van der Waals surface area (Å²) in [5.41, 5.74) is 5.16. The number of hydrogen-bond acceptors (Lipinski definition) is 4. The largest absolute Gasteiger partial charge is 0.381 e. The molecule has 0 spiro atoms. The molecule has 0 aliphatic carbocycles. The van der Waals surface area contributed by atoms with Crippen molar-refractivity contribution in [2.75, 3.05) is 12.8 Å². The lowest BCUT2D eigenvalue weighted by Crippen LogP contribution is -2.25. The summed E-state index contributed by atoms with van der Waals surface area (Å²) in [5.74, 6) is 1.16. The molecule has 4 nitrogen and oxygen atoms in total. The molecule has 0 radical (unpaired) electrons. The molecule has 0 unspecified atom stereocenters. The van der Waals surface area contributed by atoms with Crippen molar-refractivity contribution >= 4 is 5.82 Å². The van der Waals surface area contributed by atoms with E-state index in [1.165, 1.54) is 0 Å². The van der Waals surface area contributed by atoms with Gasteiger partial charge in [-0.3, -0.25) is 0 Å². The van der Waals surface area contributed by atoms with Gasteiger partial charge in [-0.15, -0.1) is 0 Å². The number of ether oxygens (including phenoxy) is 1. The average molecular weight is 170 g/mol. The molecule has 1 heterocycles. The van der Waals surface area contributed by atoms with Gasteiger partial charge in [0, 0.05) is 19.6 Å². The zero-order valence-electron chi connectivity index (χ0n) is 7.63. The molecule has 2 N–H and O–H groups in total. The Kier molecular flexibility index (Phi) is 2.38. The van der Waals surface area contributed by atoms with Crippen LogP contribution in [0.3, 0.4) is 0 Å². The number of anilines is 1. The molecule has 0 aromatic carbocycles. The van der Waals surface area contributed by atoms with Gasteiger partial charge in [-0.1, -0.05) is 5.16 Å². The number of rotatable bonds is 3. The van der Waals surface area contributed by atoms with E-state index in [0.717, 1.165) is 5.76 Å². The highest BCUT2D eigenvalue weighted by Crippen LogP contribution is 2.16. The molecule has 0 aliphatic heterocycles. The Morgan fingerprint density at radius 2 is 2.33 bits per heavy atom. The Morgan fingerprint density at radius 3 is 2.75 bits per heavy atom. The fourth-order valence-electron chi connectivity index (χ4n) is 0.904. The Morgan fingerprint density at radius 1 is 1.67 bits per heavy atom. The molecular weight excluding hydrogens is 156 g/mol. The van der Waals surface area contributed by atoms with Crippen molar-refractivity contribution in [1.29, 1.82) is 0 Å². The number of hydrogen-bond donors (Lipinski definition) is 1.